The van der Waals surface area contributed by atoms with Crippen LogP contribution in [0.25, 0.3) is 0 Å². The van der Waals surface area contributed by atoms with Crippen LogP contribution in [0.2, 0.25) is 10.0 Å². The van der Waals surface area contributed by atoms with Crippen molar-refractivity contribution in [2.24, 2.45) is 0 Å². The van der Waals surface area contributed by atoms with Crippen molar-refractivity contribution in [2.75, 3.05) is 5.73 Å². The van der Waals surface area contributed by atoms with Gasteiger partial charge in [0.2, 0.25) is 0 Å². The number of nitrogens with two attached hydrogens (primary N) is 1. The number of rotatable bonds is 1. The van der Waals surface area contributed by atoms with Gasteiger partial charge in [-0.15, -0.1) is 0 Å². The molecule has 2 N–H and O–H groups in total. The lowest BCUT2D eigenvalue weighted by Crippen LogP contribution is -2.02. The predicted molar refractivity (Wildman–Crippen MR) is 52.2 cm³/mol. The summed E-state index contributed by atoms with van der Waals surface area (Å²) in [4.78, 5) is 10.6. The van der Waals surface area contributed by atoms with Crippen LogP contribution in [0.15, 0.2) is 12.1 Å². The molecule has 0 fully saturated rings. The Bertz CT molecular complexity index is 352. The number of nitrogen functional groups attached to an aromatic ring is 1. The van der Waals surface area contributed by atoms with E-state index in [0.717, 1.165) is 0 Å². The van der Waals surface area contributed by atoms with Crippen molar-refractivity contribution in [3.8, 4) is 5.75 Å². The van der Waals surface area contributed by atoms with Crippen molar-refractivity contribution in [2.45, 2.75) is 6.92 Å². The van der Waals surface area contributed by atoms with Gasteiger partial charge in [0.05, 0.1) is 10.7 Å². The van der Waals surface area contributed by atoms with E-state index in [1.165, 1.54) is 19.1 Å². The predicted octanol–water partition coefficient (Wildman–Crippen LogP) is 2.50. The Balaban J connectivity index is 3.10. The molecule has 0 saturated heterocycles. The van der Waals surface area contributed by atoms with Crippen molar-refractivity contribution in [3.63, 3.8) is 0 Å². The molecule has 0 radical (unpaired) electrons. The maximum absolute atomic E-state index is 10.6. The fourth-order valence-electron chi connectivity index (χ4n) is 0.780. The summed E-state index contributed by atoms with van der Waals surface area (Å²) in [7, 11) is 0. The summed E-state index contributed by atoms with van der Waals surface area (Å²) in [5.74, 6) is -0.240. The fraction of sp³-hybridized carbons (Fsp3) is 0.125. The van der Waals surface area contributed by atoms with Crippen molar-refractivity contribution in [1.29, 1.82) is 0 Å². The number of esters is 1. The number of ether oxygens (including phenoxy) is 1. The highest BCUT2D eigenvalue weighted by atomic mass is 35.5. The molecule has 0 spiro atoms. The summed E-state index contributed by atoms with van der Waals surface area (Å²) in [5.41, 5.74) is 5.81. The van der Waals surface area contributed by atoms with Crippen LogP contribution in [0.3, 0.4) is 0 Å². The van der Waals surface area contributed by atoms with Crippen LogP contribution in [-0.2, 0) is 4.79 Å². The third-order valence-electron chi connectivity index (χ3n) is 1.33. The Kier molecular flexibility index (Phi) is 3.01. The van der Waals surface area contributed by atoms with E-state index in [2.05, 4.69) is 0 Å². The van der Waals surface area contributed by atoms with Crippen molar-refractivity contribution < 1.29 is 9.53 Å². The van der Waals surface area contributed by atoms with Gasteiger partial charge in [-0.3, -0.25) is 4.79 Å². The first-order chi connectivity index (χ1) is 6.02. The van der Waals surface area contributed by atoms with Crippen molar-refractivity contribution in [1.82, 2.24) is 0 Å². The lowest BCUT2D eigenvalue weighted by Gasteiger charge is -2.06. The molecular weight excluding hydrogens is 213 g/mol. The quantitative estimate of drug-likeness (QED) is 0.449. The summed E-state index contributed by atoms with van der Waals surface area (Å²) in [6.45, 7) is 1.28. The Morgan fingerprint density at radius 3 is 2.54 bits per heavy atom. The minimum absolute atomic E-state index is 0.150. The van der Waals surface area contributed by atoms with E-state index in [0.29, 0.717) is 5.69 Å². The maximum atomic E-state index is 10.6. The van der Waals surface area contributed by atoms with E-state index in [4.69, 9.17) is 33.7 Å². The van der Waals surface area contributed by atoms with Crippen LogP contribution >= 0.6 is 23.2 Å². The molecule has 0 aliphatic rings. The topological polar surface area (TPSA) is 52.3 Å². The lowest BCUT2D eigenvalue weighted by atomic mass is 10.3. The minimum Gasteiger partial charge on any atom is -0.425 e. The Hall–Kier alpha value is -0.930. The second-order valence-electron chi connectivity index (χ2n) is 2.37. The summed E-state index contributed by atoms with van der Waals surface area (Å²) in [6, 6.07) is 3.01. The van der Waals surface area contributed by atoms with Crippen LogP contribution < -0.4 is 10.5 Å². The van der Waals surface area contributed by atoms with Crippen LogP contribution in [0, 0.1) is 0 Å². The van der Waals surface area contributed by atoms with Gasteiger partial charge in [0.25, 0.3) is 0 Å². The summed E-state index contributed by atoms with van der Waals surface area (Å²) in [5, 5.41) is 0.345. The molecule has 0 amide bonds. The molecule has 0 aromatic heterocycles. The monoisotopic (exact) mass is 219 g/mol. The highest BCUT2D eigenvalue weighted by molar-refractivity contribution is 6.44. The maximum Gasteiger partial charge on any atom is 0.308 e. The van der Waals surface area contributed by atoms with Crippen molar-refractivity contribution in [3.05, 3.63) is 22.2 Å². The minimum atomic E-state index is -0.456. The summed E-state index contributed by atoms with van der Waals surface area (Å²) >= 11 is 11.5. The molecular formula is C8H7Cl2NO2. The van der Waals surface area contributed by atoms with Gasteiger partial charge in [-0.2, -0.15) is 0 Å². The van der Waals surface area contributed by atoms with E-state index in [-0.39, 0.29) is 15.8 Å². The molecule has 70 valence electrons. The fourth-order valence-corrected chi connectivity index (χ4v) is 1.15. The standard InChI is InChI=1S/C8H7Cl2NO2/c1-4(12)13-6-3-2-5(11)7(9)8(6)10/h2-3H,11H2,1H3. The highest BCUT2D eigenvalue weighted by Gasteiger charge is 2.10. The number of halogens is 2. The zero-order valence-electron chi connectivity index (χ0n) is 6.80. The molecule has 5 heteroatoms. The van der Waals surface area contributed by atoms with Crippen LogP contribution in [-0.4, -0.2) is 5.97 Å². The Morgan fingerprint density at radius 2 is 2.00 bits per heavy atom. The molecule has 0 bridgehead atoms. The summed E-state index contributed by atoms with van der Waals surface area (Å²) in [6.07, 6.45) is 0. The van der Waals surface area contributed by atoms with Gasteiger partial charge >= 0.3 is 5.97 Å². The highest BCUT2D eigenvalue weighted by Crippen LogP contribution is 2.35. The van der Waals surface area contributed by atoms with Crippen LogP contribution in [0.5, 0.6) is 5.75 Å². The number of hydrogen-bond acceptors (Lipinski definition) is 3. The van der Waals surface area contributed by atoms with E-state index in [1.807, 2.05) is 0 Å². The number of hydrogen-bond donors (Lipinski definition) is 1. The van der Waals surface area contributed by atoms with E-state index in [1.54, 1.807) is 0 Å². The first-order valence-electron chi connectivity index (χ1n) is 3.44. The lowest BCUT2D eigenvalue weighted by molar-refractivity contribution is -0.131. The molecule has 0 unspecified atom stereocenters. The molecule has 0 heterocycles. The first kappa shape index (κ1) is 10.2. The average molecular weight is 220 g/mol. The van der Waals surface area contributed by atoms with E-state index < -0.39 is 5.97 Å². The summed E-state index contributed by atoms with van der Waals surface area (Å²) < 4.78 is 4.77. The average Bonchev–Trinajstić information content (AvgIpc) is 2.06. The number of carbonyl (C=O) groups is 1. The second kappa shape index (κ2) is 3.85. The third kappa shape index (κ3) is 2.26. The number of anilines is 1. The zero-order chi connectivity index (χ0) is 10.0. The van der Waals surface area contributed by atoms with Gasteiger partial charge in [-0.1, -0.05) is 23.2 Å². The van der Waals surface area contributed by atoms with Crippen molar-refractivity contribution >= 4 is 34.9 Å². The number of carbonyl (C=O) groups excluding carboxylic acids is 1. The third-order valence-corrected chi connectivity index (χ3v) is 2.21. The Labute approximate surface area is 85.4 Å². The van der Waals surface area contributed by atoms with E-state index >= 15 is 0 Å². The van der Waals surface area contributed by atoms with Crippen LogP contribution in [0.4, 0.5) is 5.69 Å². The SMILES string of the molecule is CC(=O)Oc1ccc(N)c(Cl)c1Cl. The Morgan fingerprint density at radius 1 is 1.38 bits per heavy atom. The molecule has 1 aromatic rings. The molecule has 0 aliphatic carbocycles. The van der Waals surface area contributed by atoms with Crippen LogP contribution in [0.1, 0.15) is 6.92 Å². The van der Waals surface area contributed by atoms with Gasteiger partial charge in [0.15, 0.2) is 5.75 Å². The molecule has 1 aromatic carbocycles. The molecule has 13 heavy (non-hydrogen) atoms. The largest absolute Gasteiger partial charge is 0.425 e. The van der Waals surface area contributed by atoms with Gasteiger partial charge < -0.3 is 10.5 Å². The first-order valence-corrected chi connectivity index (χ1v) is 4.20. The molecule has 0 saturated carbocycles. The van der Waals surface area contributed by atoms with Gasteiger partial charge in [0, 0.05) is 6.92 Å². The van der Waals surface area contributed by atoms with Gasteiger partial charge in [-0.05, 0) is 12.1 Å². The molecule has 0 atom stereocenters. The molecule has 0 aliphatic heterocycles. The normalized spacial score (nSPS) is 9.77. The molecule has 3 nitrogen and oxygen atoms in total. The van der Waals surface area contributed by atoms with Gasteiger partial charge in [0.1, 0.15) is 5.02 Å². The van der Waals surface area contributed by atoms with Gasteiger partial charge in [-0.25, -0.2) is 0 Å². The smallest absolute Gasteiger partial charge is 0.308 e. The number of benzene rings is 1. The second-order valence-corrected chi connectivity index (χ2v) is 3.13. The zero-order valence-corrected chi connectivity index (χ0v) is 8.32. The van der Waals surface area contributed by atoms with E-state index in [9.17, 15) is 4.79 Å². The molecule has 1 rings (SSSR count).